The molecule has 0 aliphatic rings. The van der Waals surface area contributed by atoms with Gasteiger partial charge in [-0.15, -0.1) is 0 Å². The van der Waals surface area contributed by atoms with Crippen LogP contribution in [0.1, 0.15) is 53.0 Å². The summed E-state index contributed by atoms with van der Waals surface area (Å²) in [5, 5.41) is 4.41. The molecule has 0 N–H and O–H groups in total. The van der Waals surface area contributed by atoms with Crippen LogP contribution in [0.3, 0.4) is 0 Å². The van der Waals surface area contributed by atoms with Gasteiger partial charge in [0.2, 0.25) is 0 Å². The van der Waals surface area contributed by atoms with Gasteiger partial charge in [0, 0.05) is 17.8 Å². The number of aromatic nitrogens is 2. The maximum absolute atomic E-state index is 12.3. The predicted molar refractivity (Wildman–Crippen MR) is 73.6 cm³/mol. The molecule has 2 aromatic heterocycles. The Morgan fingerprint density at radius 1 is 1.32 bits per heavy atom. The maximum atomic E-state index is 12.3. The van der Waals surface area contributed by atoms with Gasteiger partial charge in [-0.05, 0) is 40.7 Å². The molecule has 102 valence electrons. The Bertz CT molecular complexity index is 606. The van der Waals surface area contributed by atoms with Crippen LogP contribution in [0.5, 0.6) is 0 Å². The molecule has 0 aliphatic heterocycles. The van der Waals surface area contributed by atoms with E-state index in [1.165, 1.54) is 0 Å². The van der Waals surface area contributed by atoms with Crippen LogP contribution < -0.4 is 0 Å². The number of ketones is 1. The molecule has 0 radical (unpaired) electrons. The van der Waals surface area contributed by atoms with Gasteiger partial charge >= 0.3 is 0 Å². The average molecular weight is 260 g/mol. The molecule has 0 spiro atoms. The molecule has 0 atom stereocenters. The Morgan fingerprint density at radius 2 is 2.00 bits per heavy atom. The van der Waals surface area contributed by atoms with Crippen molar-refractivity contribution < 1.29 is 9.21 Å². The molecule has 4 nitrogen and oxygen atoms in total. The van der Waals surface area contributed by atoms with Crippen molar-refractivity contribution in [1.82, 2.24) is 9.78 Å². The number of rotatable bonds is 4. The zero-order valence-corrected chi connectivity index (χ0v) is 12.2. The Morgan fingerprint density at radius 3 is 2.47 bits per heavy atom. The number of hydrogen-bond donors (Lipinski definition) is 0. The fraction of sp³-hybridized carbons (Fsp3) is 0.467. The minimum absolute atomic E-state index is 0.0702. The number of carbonyl (C=O) groups is 1. The number of Topliss-reactive ketones (excluding diaryl/α,β-unsaturated/α-hetero) is 1. The summed E-state index contributed by atoms with van der Waals surface area (Å²) in [7, 11) is 0. The Balaban J connectivity index is 2.21. The van der Waals surface area contributed by atoms with Crippen molar-refractivity contribution in [3.63, 3.8) is 0 Å². The lowest BCUT2D eigenvalue weighted by molar-refractivity contribution is 0.0989. The smallest absolute Gasteiger partial charge is 0.172 e. The van der Waals surface area contributed by atoms with E-state index >= 15 is 0 Å². The van der Waals surface area contributed by atoms with E-state index in [0.717, 1.165) is 17.0 Å². The topological polar surface area (TPSA) is 48.0 Å². The first-order valence-corrected chi connectivity index (χ1v) is 6.54. The number of nitrogens with zero attached hydrogens (tertiary/aromatic N) is 2. The van der Waals surface area contributed by atoms with Crippen molar-refractivity contribution in [2.75, 3.05) is 0 Å². The van der Waals surface area contributed by atoms with Gasteiger partial charge in [-0.2, -0.15) is 5.10 Å². The second-order valence-electron chi connectivity index (χ2n) is 5.20. The van der Waals surface area contributed by atoms with Gasteiger partial charge in [0.15, 0.2) is 5.78 Å². The van der Waals surface area contributed by atoms with Gasteiger partial charge < -0.3 is 4.42 Å². The van der Waals surface area contributed by atoms with Crippen LogP contribution in [0.4, 0.5) is 0 Å². The molecule has 2 aromatic rings. The molecule has 0 fully saturated rings. The highest BCUT2D eigenvalue weighted by Gasteiger charge is 2.19. The number of hydrogen-bond acceptors (Lipinski definition) is 3. The molecule has 2 heterocycles. The Labute approximate surface area is 113 Å². The van der Waals surface area contributed by atoms with Gasteiger partial charge in [0.05, 0.1) is 17.7 Å². The lowest BCUT2D eigenvalue weighted by Crippen LogP contribution is -2.08. The summed E-state index contributed by atoms with van der Waals surface area (Å²) in [5.41, 5.74) is 2.44. The van der Waals surface area contributed by atoms with E-state index in [0.29, 0.717) is 23.8 Å². The average Bonchev–Trinajstić information content (AvgIpc) is 2.85. The first-order valence-electron chi connectivity index (χ1n) is 6.54. The Kier molecular flexibility index (Phi) is 3.60. The summed E-state index contributed by atoms with van der Waals surface area (Å²) in [6.45, 7) is 9.76. The molecular weight excluding hydrogens is 240 g/mol. The van der Waals surface area contributed by atoms with Crippen LogP contribution >= 0.6 is 0 Å². The van der Waals surface area contributed by atoms with E-state index in [1.807, 2.05) is 37.7 Å². The third-order valence-electron chi connectivity index (χ3n) is 3.37. The van der Waals surface area contributed by atoms with Gasteiger partial charge in [0.1, 0.15) is 11.5 Å². The normalized spacial score (nSPS) is 11.3. The minimum Gasteiger partial charge on any atom is -0.466 e. The van der Waals surface area contributed by atoms with Crippen molar-refractivity contribution in [1.29, 1.82) is 0 Å². The summed E-state index contributed by atoms with van der Waals surface area (Å²) in [6.07, 6.45) is 2.23. The molecule has 0 aliphatic carbocycles. The van der Waals surface area contributed by atoms with Crippen LogP contribution in [0, 0.1) is 20.8 Å². The van der Waals surface area contributed by atoms with Gasteiger partial charge in [0.25, 0.3) is 0 Å². The molecule has 0 aromatic carbocycles. The standard InChI is InChI=1S/C15H20N2O2/c1-9(2)17-7-6-13(16-17)8-14(18)15-10(3)11(4)19-12(15)5/h6-7,9H,8H2,1-5H3. The van der Waals surface area contributed by atoms with Gasteiger partial charge in [-0.1, -0.05) is 0 Å². The van der Waals surface area contributed by atoms with Crippen molar-refractivity contribution >= 4 is 5.78 Å². The second kappa shape index (κ2) is 5.03. The summed E-state index contributed by atoms with van der Waals surface area (Å²) >= 11 is 0. The SMILES string of the molecule is Cc1oc(C)c(C(=O)Cc2ccn(C(C)C)n2)c1C. The molecule has 0 saturated carbocycles. The predicted octanol–water partition coefficient (Wildman–Crippen LogP) is 3.41. The van der Waals surface area contributed by atoms with Crippen LogP contribution in [-0.2, 0) is 6.42 Å². The fourth-order valence-electron chi connectivity index (χ4n) is 2.21. The molecule has 2 rings (SSSR count). The summed E-state index contributed by atoms with van der Waals surface area (Å²) in [5.74, 6) is 1.58. The molecule has 0 bridgehead atoms. The van der Waals surface area contributed by atoms with Gasteiger partial charge in [-0.25, -0.2) is 0 Å². The highest BCUT2D eigenvalue weighted by atomic mass is 16.3. The van der Waals surface area contributed by atoms with Crippen molar-refractivity contribution in [3.05, 3.63) is 40.6 Å². The van der Waals surface area contributed by atoms with Gasteiger partial charge in [-0.3, -0.25) is 9.48 Å². The lowest BCUT2D eigenvalue weighted by Gasteiger charge is -2.03. The molecule has 0 amide bonds. The third kappa shape index (κ3) is 2.62. The maximum Gasteiger partial charge on any atom is 0.172 e. The quantitative estimate of drug-likeness (QED) is 0.791. The van der Waals surface area contributed by atoms with Crippen LogP contribution in [0.15, 0.2) is 16.7 Å². The highest BCUT2D eigenvalue weighted by molar-refractivity contribution is 5.99. The molecule has 0 unspecified atom stereocenters. The lowest BCUT2D eigenvalue weighted by atomic mass is 10.0. The minimum atomic E-state index is 0.0702. The largest absolute Gasteiger partial charge is 0.466 e. The summed E-state index contributed by atoms with van der Waals surface area (Å²) in [4.78, 5) is 12.3. The van der Waals surface area contributed by atoms with E-state index in [4.69, 9.17) is 4.42 Å². The highest BCUT2D eigenvalue weighted by Crippen LogP contribution is 2.22. The van der Waals surface area contributed by atoms with E-state index in [-0.39, 0.29) is 5.78 Å². The van der Waals surface area contributed by atoms with Crippen molar-refractivity contribution in [3.8, 4) is 0 Å². The Hall–Kier alpha value is -1.84. The zero-order chi connectivity index (χ0) is 14.2. The van der Waals surface area contributed by atoms with Crippen molar-refractivity contribution in [2.24, 2.45) is 0 Å². The first kappa shape index (κ1) is 13.6. The number of carbonyl (C=O) groups excluding carboxylic acids is 1. The third-order valence-corrected chi connectivity index (χ3v) is 3.37. The van der Waals surface area contributed by atoms with E-state index in [1.54, 1.807) is 0 Å². The first-order chi connectivity index (χ1) is 8.90. The van der Waals surface area contributed by atoms with Crippen LogP contribution in [0.2, 0.25) is 0 Å². The number of furan rings is 1. The van der Waals surface area contributed by atoms with E-state index in [2.05, 4.69) is 18.9 Å². The zero-order valence-electron chi connectivity index (χ0n) is 12.2. The van der Waals surface area contributed by atoms with Crippen LogP contribution in [-0.4, -0.2) is 15.6 Å². The van der Waals surface area contributed by atoms with E-state index in [9.17, 15) is 4.79 Å². The summed E-state index contributed by atoms with van der Waals surface area (Å²) in [6, 6.07) is 2.21. The molecular formula is C15H20N2O2. The molecule has 4 heteroatoms. The summed E-state index contributed by atoms with van der Waals surface area (Å²) < 4.78 is 7.37. The monoisotopic (exact) mass is 260 g/mol. The molecule has 19 heavy (non-hydrogen) atoms. The van der Waals surface area contributed by atoms with Crippen molar-refractivity contribution in [2.45, 2.75) is 47.1 Å². The van der Waals surface area contributed by atoms with Crippen LogP contribution in [0.25, 0.3) is 0 Å². The van der Waals surface area contributed by atoms with E-state index < -0.39 is 0 Å². The fourth-order valence-corrected chi connectivity index (χ4v) is 2.21. The molecule has 0 saturated heterocycles. The number of aryl methyl sites for hydroxylation is 2. The second-order valence-corrected chi connectivity index (χ2v) is 5.20.